The Balaban J connectivity index is 1.83. The number of hydrogen-bond acceptors (Lipinski definition) is 4. The van der Waals surface area contributed by atoms with Gasteiger partial charge in [-0.05, 0) is 37.6 Å². The van der Waals surface area contributed by atoms with Crippen molar-refractivity contribution in [3.05, 3.63) is 53.9 Å². The molecular weight excluding hydrogens is 276 g/mol. The number of nitrogens with zero attached hydrogens (tertiary/aromatic N) is 2. The molecule has 0 N–H and O–H groups in total. The van der Waals surface area contributed by atoms with Crippen molar-refractivity contribution in [3.8, 4) is 11.5 Å². The summed E-state index contributed by atoms with van der Waals surface area (Å²) in [4.78, 5) is 6.93. The maximum Gasteiger partial charge on any atom is 0.127 e. The molecule has 116 valence electrons. The van der Waals surface area contributed by atoms with Crippen molar-refractivity contribution in [2.45, 2.75) is 25.4 Å². The molecule has 2 heterocycles. The van der Waals surface area contributed by atoms with Crippen LogP contribution in [0.4, 0.5) is 0 Å². The normalized spacial score (nSPS) is 18.4. The lowest BCUT2D eigenvalue weighted by atomic mass is 10.0. The van der Waals surface area contributed by atoms with Gasteiger partial charge in [-0.15, -0.1) is 0 Å². The molecule has 2 aromatic rings. The standard InChI is InChI=1S/C18H22N2O2/c1-21-15-8-9-16(18(12-15)22-2)17-7-5-11-20(17)13-14-6-3-4-10-19-14/h3-4,6,8-10,12,17H,5,7,11,13H2,1-2H3/t17-/m0/s1. The zero-order valence-corrected chi connectivity index (χ0v) is 13.2. The first-order chi connectivity index (χ1) is 10.8. The summed E-state index contributed by atoms with van der Waals surface area (Å²) in [6.45, 7) is 1.97. The van der Waals surface area contributed by atoms with Gasteiger partial charge in [0, 0.05) is 30.4 Å². The summed E-state index contributed by atoms with van der Waals surface area (Å²) in [6.07, 6.45) is 4.20. The minimum Gasteiger partial charge on any atom is -0.497 e. The molecule has 0 radical (unpaired) electrons. The number of pyridine rings is 1. The van der Waals surface area contributed by atoms with Crippen molar-refractivity contribution < 1.29 is 9.47 Å². The Hall–Kier alpha value is -2.07. The Morgan fingerprint density at radius 1 is 1.18 bits per heavy atom. The van der Waals surface area contributed by atoms with Crippen LogP contribution < -0.4 is 9.47 Å². The van der Waals surface area contributed by atoms with Crippen molar-refractivity contribution in [2.24, 2.45) is 0 Å². The molecule has 4 nitrogen and oxygen atoms in total. The summed E-state index contributed by atoms with van der Waals surface area (Å²) in [5.74, 6) is 1.73. The summed E-state index contributed by atoms with van der Waals surface area (Å²) in [5, 5.41) is 0. The first kappa shape index (κ1) is 14.9. The largest absolute Gasteiger partial charge is 0.497 e. The molecule has 1 aromatic carbocycles. The van der Waals surface area contributed by atoms with Gasteiger partial charge in [-0.2, -0.15) is 0 Å². The molecule has 0 spiro atoms. The third kappa shape index (κ3) is 3.07. The Morgan fingerprint density at radius 2 is 2.09 bits per heavy atom. The van der Waals surface area contributed by atoms with Gasteiger partial charge < -0.3 is 9.47 Å². The Labute approximate surface area is 131 Å². The van der Waals surface area contributed by atoms with Crippen LogP contribution in [0, 0.1) is 0 Å². The zero-order chi connectivity index (χ0) is 15.4. The summed E-state index contributed by atoms with van der Waals surface area (Å²) in [7, 11) is 3.40. The highest BCUT2D eigenvalue weighted by Gasteiger charge is 2.28. The average Bonchev–Trinajstić information content (AvgIpc) is 3.03. The van der Waals surface area contributed by atoms with E-state index in [2.05, 4.69) is 22.0 Å². The van der Waals surface area contributed by atoms with E-state index in [1.807, 2.05) is 30.5 Å². The number of aromatic nitrogens is 1. The lowest BCUT2D eigenvalue weighted by molar-refractivity contribution is 0.240. The van der Waals surface area contributed by atoms with E-state index in [1.165, 1.54) is 12.0 Å². The number of hydrogen-bond donors (Lipinski definition) is 0. The van der Waals surface area contributed by atoms with Gasteiger partial charge in [-0.3, -0.25) is 9.88 Å². The van der Waals surface area contributed by atoms with Crippen LogP contribution in [0.15, 0.2) is 42.6 Å². The maximum atomic E-state index is 5.58. The van der Waals surface area contributed by atoms with Crippen molar-refractivity contribution in [2.75, 3.05) is 20.8 Å². The maximum absolute atomic E-state index is 5.58. The minimum atomic E-state index is 0.378. The first-order valence-corrected chi connectivity index (χ1v) is 7.67. The second-order valence-electron chi connectivity index (χ2n) is 5.56. The van der Waals surface area contributed by atoms with E-state index in [0.717, 1.165) is 36.7 Å². The number of likely N-dealkylation sites (tertiary alicyclic amines) is 1. The number of methoxy groups -OCH3 is 2. The van der Waals surface area contributed by atoms with E-state index in [-0.39, 0.29) is 0 Å². The van der Waals surface area contributed by atoms with E-state index in [4.69, 9.17) is 9.47 Å². The van der Waals surface area contributed by atoms with Crippen molar-refractivity contribution in [3.63, 3.8) is 0 Å². The van der Waals surface area contributed by atoms with E-state index in [0.29, 0.717) is 6.04 Å². The topological polar surface area (TPSA) is 34.6 Å². The predicted octanol–water partition coefficient (Wildman–Crippen LogP) is 3.44. The lowest BCUT2D eigenvalue weighted by Crippen LogP contribution is -2.23. The predicted molar refractivity (Wildman–Crippen MR) is 86.2 cm³/mol. The van der Waals surface area contributed by atoms with Crippen LogP contribution in [0.2, 0.25) is 0 Å². The third-order valence-corrected chi connectivity index (χ3v) is 4.25. The van der Waals surface area contributed by atoms with Gasteiger partial charge in [0.15, 0.2) is 0 Å². The second-order valence-corrected chi connectivity index (χ2v) is 5.56. The Morgan fingerprint density at radius 3 is 2.82 bits per heavy atom. The molecule has 1 fully saturated rings. The number of ether oxygens (including phenoxy) is 2. The Kier molecular flexibility index (Phi) is 4.59. The van der Waals surface area contributed by atoms with Gasteiger partial charge in [0.2, 0.25) is 0 Å². The molecule has 4 heteroatoms. The van der Waals surface area contributed by atoms with E-state index in [9.17, 15) is 0 Å². The fourth-order valence-corrected chi connectivity index (χ4v) is 3.16. The molecule has 1 atom stereocenters. The van der Waals surface area contributed by atoms with Crippen molar-refractivity contribution in [1.82, 2.24) is 9.88 Å². The molecular formula is C18H22N2O2. The first-order valence-electron chi connectivity index (χ1n) is 7.67. The zero-order valence-electron chi connectivity index (χ0n) is 13.2. The van der Waals surface area contributed by atoms with E-state index < -0.39 is 0 Å². The minimum absolute atomic E-state index is 0.378. The SMILES string of the molecule is COc1ccc([C@@H]2CCCN2Cc2ccccn2)c(OC)c1. The third-order valence-electron chi connectivity index (χ3n) is 4.25. The van der Waals surface area contributed by atoms with E-state index >= 15 is 0 Å². The fraction of sp³-hybridized carbons (Fsp3) is 0.389. The monoisotopic (exact) mass is 298 g/mol. The highest BCUT2D eigenvalue weighted by molar-refractivity contribution is 5.42. The molecule has 0 aliphatic carbocycles. The van der Waals surface area contributed by atoms with E-state index in [1.54, 1.807) is 14.2 Å². The van der Waals surface area contributed by atoms with Gasteiger partial charge in [0.1, 0.15) is 11.5 Å². The molecule has 1 aliphatic heterocycles. The highest BCUT2D eigenvalue weighted by atomic mass is 16.5. The van der Waals surface area contributed by atoms with Crippen LogP contribution in [-0.4, -0.2) is 30.6 Å². The molecule has 0 unspecified atom stereocenters. The van der Waals surface area contributed by atoms with Gasteiger partial charge >= 0.3 is 0 Å². The molecule has 1 aliphatic rings. The number of rotatable bonds is 5. The highest BCUT2D eigenvalue weighted by Crippen LogP contribution is 2.39. The van der Waals surface area contributed by atoms with Crippen LogP contribution >= 0.6 is 0 Å². The van der Waals surface area contributed by atoms with Gasteiger partial charge in [0.25, 0.3) is 0 Å². The quantitative estimate of drug-likeness (QED) is 0.847. The fourth-order valence-electron chi connectivity index (χ4n) is 3.16. The lowest BCUT2D eigenvalue weighted by Gasteiger charge is -2.26. The molecule has 0 saturated carbocycles. The molecule has 22 heavy (non-hydrogen) atoms. The van der Waals surface area contributed by atoms with Crippen LogP contribution in [0.25, 0.3) is 0 Å². The van der Waals surface area contributed by atoms with Crippen LogP contribution in [0.5, 0.6) is 11.5 Å². The Bertz CT molecular complexity index is 616. The summed E-state index contributed by atoms with van der Waals surface area (Å²) in [6, 6.07) is 12.6. The van der Waals surface area contributed by atoms with Crippen LogP contribution in [0.1, 0.15) is 30.1 Å². The molecule has 0 amide bonds. The van der Waals surface area contributed by atoms with Gasteiger partial charge in [-0.25, -0.2) is 0 Å². The van der Waals surface area contributed by atoms with Crippen LogP contribution in [-0.2, 0) is 6.54 Å². The molecule has 1 saturated heterocycles. The molecule has 3 rings (SSSR count). The van der Waals surface area contributed by atoms with Crippen LogP contribution in [0.3, 0.4) is 0 Å². The summed E-state index contributed by atoms with van der Waals surface area (Å²) in [5.41, 5.74) is 2.35. The number of benzene rings is 1. The second kappa shape index (κ2) is 6.79. The average molecular weight is 298 g/mol. The molecule has 0 bridgehead atoms. The summed E-state index contributed by atoms with van der Waals surface area (Å²) >= 11 is 0. The smallest absolute Gasteiger partial charge is 0.127 e. The molecule has 1 aromatic heterocycles. The van der Waals surface area contributed by atoms with Gasteiger partial charge in [0.05, 0.1) is 19.9 Å². The van der Waals surface area contributed by atoms with Gasteiger partial charge in [-0.1, -0.05) is 12.1 Å². The van der Waals surface area contributed by atoms with Crippen molar-refractivity contribution >= 4 is 0 Å². The summed E-state index contributed by atoms with van der Waals surface area (Å²) < 4.78 is 10.9. The van der Waals surface area contributed by atoms with Crippen molar-refractivity contribution in [1.29, 1.82) is 0 Å².